The molecule has 3 aromatic carbocycles. The molecule has 1 amide bonds. The molecule has 1 aliphatic heterocycles. The minimum absolute atomic E-state index is 0.0960. The Morgan fingerprint density at radius 1 is 0.886 bits per heavy atom. The van der Waals surface area contributed by atoms with Gasteiger partial charge >= 0.3 is 0 Å². The van der Waals surface area contributed by atoms with Crippen LogP contribution in [-0.2, 0) is 23.1 Å². The number of hydrogen-bond donors (Lipinski definition) is 2. The molecule has 4 rings (SSSR count). The molecule has 6 nitrogen and oxygen atoms in total. The molecule has 0 aromatic heterocycles. The Hall–Kier alpha value is -3.16. The number of rotatable bonds is 8. The Balaban J connectivity index is 1.46. The average molecular weight is 492 g/mol. The number of nitrogens with zero attached hydrogens (tertiary/aromatic N) is 1. The van der Waals surface area contributed by atoms with Gasteiger partial charge in [0.15, 0.2) is 0 Å². The van der Waals surface area contributed by atoms with Crippen LogP contribution < -0.4 is 10.0 Å². The maximum absolute atomic E-state index is 13.2. The summed E-state index contributed by atoms with van der Waals surface area (Å²) in [5.74, 6) is -0.307. The van der Waals surface area contributed by atoms with Gasteiger partial charge in [-0.05, 0) is 92.7 Å². The van der Waals surface area contributed by atoms with Crippen LogP contribution in [0.2, 0.25) is 0 Å². The monoisotopic (exact) mass is 491 g/mol. The Kier molecular flexibility index (Phi) is 7.57. The summed E-state index contributed by atoms with van der Waals surface area (Å²) in [6.45, 7) is 9.12. The van der Waals surface area contributed by atoms with Crippen molar-refractivity contribution in [2.75, 3.05) is 17.8 Å². The summed E-state index contributed by atoms with van der Waals surface area (Å²) in [5, 5.41) is 2.93. The molecule has 0 bridgehead atoms. The van der Waals surface area contributed by atoms with Crippen molar-refractivity contribution in [1.82, 2.24) is 10.2 Å². The van der Waals surface area contributed by atoms with Crippen molar-refractivity contribution >= 4 is 21.6 Å². The van der Waals surface area contributed by atoms with Crippen molar-refractivity contribution in [1.29, 1.82) is 0 Å². The summed E-state index contributed by atoms with van der Waals surface area (Å²) in [6.07, 6.45) is 2.51. The molecule has 0 aliphatic carbocycles. The van der Waals surface area contributed by atoms with Gasteiger partial charge in [-0.2, -0.15) is 0 Å². The molecule has 184 valence electrons. The second kappa shape index (κ2) is 10.6. The van der Waals surface area contributed by atoms with Gasteiger partial charge in [0, 0.05) is 18.7 Å². The fourth-order valence-corrected chi connectivity index (χ4v) is 5.81. The molecule has 35 heavy (non-hydrogen) atoms. The van der Waals surface area contributed by atoms with Crippen LogP contribution in [0.5, 0.6) is 0 Å². The molecule has 0 saturated carbocycles. The minimum atomic E-state index is -3.86. The SMILES string of the molecule is Cc1ccc(C(=O)NCc2cccc(CN3CCCC3)c2)cc1S(=O)(=O)Nc1cccc(C)c1C. The van der Waals surface area contributed by atoms with Crippen molar-refractivity contribution in [3.63, 3.8) is 0 Å². The molecular weight excluding hydrogens is 458 g/mol. The minimum Gasteiger partial charge on any atom is -0.348 e. The highest BCUT2D eigenvalue weighted by atomic mass is 32.2. The lowest BCUT2D eigenvalue weighted by molar-refractivity contribution is 0.0950. The second-order valence-corrected chi connectivity index (χ2v) is 11.0. The van der Waals surface area contributed by atoms with Gasteiger partial charge in [-0.15, -0.1) is 0 Å². The predicted molar refractivity (Wildman–Crippen MR) is 140 cm³/mol. The fraction of sp³-hybridized carbons (Fsp3) is 0.321. The number of sulfonamides is 1. The third-order valence-electron chi connectivity index (χ3n) is 6.64. The maximum Gasteiger partial charge on any atom is 0.262 e. The zero-order valence-corrected chi connectivity index (χ0v) is 21.4. The molecule has 0 spiro atoms. The largest absolute Gasteiger partial charge is 0.348 e. The van der Waals surface area contributed by atoms with E-state index in [1.54, 1.807) is 25.1 Å². The smallest absolute Gasteiger partial charge is 0.262 e. The number of hydrogen-bond acceptors (Lipinski definition) is 4. The Bertz CT molecular complexity index is 1330. The van der Waals surface area contributed by atoms with Crippen LogP contribution in [0.1, 0.15) is 51.0 Å². The summed E-state index contributed by atoms with van der Waals surface area (Å²) in [4.78, 5) is 15.4. The standard InChI is InChI=1S/C28H33N3O3S/c1-20-8-6-11-26(22(20)3)30-35(33,34)27-17-25(13-12-21(27)2)28(32)29-18-23-9-7-10-24(16-23)19-31-14-4-5-15-31/h6-13,16-17,30H,4-5,14-15,18-19H2,1-3H3,(H,29,32). The first-order chi connectivity index (χ1) is 16.7. The van der Waals surface area contributed by atoms with Crippen LogP contribution in [-0.4, -0.2) is 32.3 Å². The maximum atomic E-state index is 13.2. The fourth-order valence-electron chi connectivity index (χ4n) is 4.41. The molecule has 3 aromatic rings. The van der Waals surface area contributed by atoms with E-state index in [0.29, 0.717) is 23.4 Å². The molecule has 1 saturated heterocycles. The van der Waals surface area contributed by atoms with E-state index in [0.717, 1.165) is 36.3 Å². The van der Waals surface area contributed by atoms with Gasteiger partial charge in [-0.1, -0.05) is 42.5 Å². The molecule has 2 N–H and O–H groups in total. The summed E-state index contributed by atoms with van der Waals surface area (Å²) >= 11 is 0. The van der Waals surface area contributed by atoms with Crippen molar-refractivity contribution < 1.29 is 13.2 Å². The molecular formula is C28H33N3O3S. The number of carbonyl (C=O) groups excluding carboxylic acids is 1. The molecule has 7 heteroatoms. The van der Waals surface area contributed by atoms with E-state index < -0.39 is 10.0 Å². The number of aryl methyl sites for hydroxylation is 2. The quantitative estimate of drug-likeness (QED) is 0.468. The number of carbonyl (C=O) groups is 1. The summed E-state index contributed by atoms with van der Waals surface area (Å²) in [5.41, 5.74) is 5.55. The Labute approximate surface area is 208 Å². The van der Waals surface area contributed by atoms with E-state index in [2.05, 4.69) is 27.1 Å². The number of benzene rings is 3. The van der Waals surface area contributed by atoms with Gasteiger partial charge in [0.25, 0.3) is 15.9 Å². The number of likely N-dealkylation sites (tertiary alicyclic amines) is 1. The van der Waals surface area contributed by atoms with Crippen LogP contribution in [0, 0.1) is 20.8 Å². The lowest BCUT2D eigenvalue weighted by Crippen LogP contribution is -2.24. The van der Waals surface area contributed by atoms with Gasteiger partial charge in [0.05, 0.1) is 10.6 Å². The van der Waals surface area contributed by atoms with Gasteiger partial charge < -0.3 is 5.32 Å². The summed E-state index contributed by atoms with van der Waals surface area (Å²) in [7, 11) is -3.86. The average Bonchev–Trinajstić information content (AvgIpc) is 3.34. The first kappa shape index (κ1) is 24.9. The number of anilines is 1. The van der Waals surface area contributed by atoms with Gasteiger partial charge in [0.2, 0.25) is 0 Å². The molecule has 1 fully saturated rings. The Morgan fingerprint density at radius 2 is 1.60 bits per heavy atom. The second-order valence-electron chi connectivity index (χ2n) is 9.32. The lowest BCUT2D eigenvalue weighted by Gasteiger charge is -2.16. The molecule has 1 heterocycles. The first-order valence-electron chi connectivity index (χ1n) is 12.0. The zero-order valence-electron chi connectivity index (χ0n) is 20.6. The van der Waals surface area contributed by atoms with Crippen molar-refractivity contribution in [3.8, 4) is 0 Å². The zero-order chi connectivity index (χ0) is 25.0. The highest BCUT2D eigenvalue weighted by Gasteiger charge is 2.20. The number of nitrogens with one attached hydrogen (secondary N) is 2. The predicted octanol–water partition coefficient (Wildman–Crippen LogP) is 4.94. The highest BCUT2D eigenvalue weighted by molar-refractivity contribution is 7.92. The molecule has 0 atom stereocenters. The van der Waals surface area contributed by atoms with E-state index in [1.165, 1.54) is 24.5 Å². The van der Waals surface area contributed by atoms with Crippen molar-refractivity contribution in [3.05, 3.63) is 94.0 Å². The third kappa shape index (κ3) is 6.10. The van der Waals surface area contributed by atoms with Gasteiger partial charge in [0.1, 0.15) is 0 Å². The van der Waals surface area contributed by atoms with E-state index >= 15 is 0 Å². The topological polar surface area (TPSA) is 78.5 Å². The van der Waals surface area contributed by atoms with E-state index in [9.17, 15) is 13.2 Å². The van der Waals surface area contributed by atoms with Gasteiger partial charge in [-0.3, -0.25) is 14.4 Å². The molecule has 0 unspecified atom stereocenters. The molecule has 1 aliphatic rings. The van der Waals surface area contributed by atoms with Crippen LogP contribution in [0.3, 0.4) is 0 Å². The van der Waals surface area contributed by atoms with Crippen molar-refractivity contribution in [2.45, 2.75) is 51.6 Å². The molecule has 0 radical (unpaired) electrons. The van der Waals surface area contributed by atoms with Crippen LogP contribution >= 0.6 is 0 Å². The summed E-state index contributed by atoms with van der Waals surface area (Å²) < 4.78 is 29.0. The van der Waals surface area contributed by atoms with E-state index in [1.807, 2.05) is 38.1 Å². The number of amides is 1. The normalized spacial score (nSPS) is 14.1. The first-order valence-corrected chi connectivity index (χ1v) is 13.5. The van der Waals surface area contributed by atoms with E-state index in [4.69, 9.17) is 0 Å². The highest BCUT2D eigenvalue weighted by Crippen LogP contribution is 2.24. The van der Waals surface area contributed by atoms with Crippen LogP contribution in [0.25, 0.3) is 0 Å². The third-order valence-corrected chi connectivity index (χ3v) is 8.15. The summed E-state index contributed by atoms with van der Waals surface area (Å²) in [6, 6.07) is 18.5. The lowest BCUT2D eigenvalue weighted by atomic mass is 10.1. The van der Waals surface area contributed by atoms with Crippen LogP contribution in [0.4, 0.5) is 5.69 Å². The van der Waals surface area contributed by atoms with Crippen LogP contribution in [0.15, 0.2) is 65.6 Å². The van der Waals surface area contributed by atoms with E-state index in [-0.39, 0.29) is 10.8 Å². The Morgan fingerprint density at radius 3 is 2.37 bits per heavy atom. The van der Waals surface area contributed by atoms with Gasteiger partial charge in [-0.25, -0.2) is 8.42 Å². The van der Waals surface area contributed by atoms with Crippen molar-refractivity contribution in [2.24, 2.45) is 0 Å².